The molecule has 10 heteroatoms. The molecular weight excluding hydrogens is 484 g/mol. The Morgan fingerprint density at radius 3 is 2.72 bits per heavy atom. The first-order valence-corrected chi connectivity index (χ1v) is 13.1. The van der Waals surface area contributed by atoms with Gasteiger partial charge in [-0.1, -0.05) is 13.0 Å². The van der Waals surface area contributed by atoms with Crippen molar-refractivity contribution < 1.29 is 28.5 Å². The molecular formula is C26H34N2O7S. The van der Waals surface area contributed by atoms with Crippen molar-refractivity contribution in [2.24, 2.45) is 0 Å². The molecule has 36 heavy (non-hydrogen) atoms. The minimum atomic E-state index is -0.574. The molecule has 9 nitrogen and oxygen atoms in total. The molecule has 2 heterocycles. The lowest BCUT2D eigenvalue weighted by atomic mass is 10.2. The van der Waals surface area contributed by atoms with E-state index in [1.165, 1.54) is 10.6 Å². The Morgan fingerprint density at radius 2 is 2.03 bits per heavy atom. The molecule has 0 unspecified atom stereocenters. The third kappa shape index (κ3) is 7.69. The smallest absolute Gasteiger partial charge is 0.333 e. The monoisotopic (exact) mass is 518 g/mol. The molecule has 0 bridgehead atoms. The summed E-state index contributed by atoms with van der Waals surface area (Å²) < 4.78 is 24.0. The maximum Gasteiger partial charge on any atom is 0.333 e. The van der Waals surface area contributed by atoms with Crippen molar-refractivity contribution in [2.45, 2.75) is 52.7 Å². The highest BCUT2D eigenvalue weighted by atomic mass is 32.1. The summed E-state index contributed by atoms with van der Waals surface area (Å²) in [6.45, 7) is 7.73. The van der Waals surface area contributed by atoms with E-state index in [2.05, 4.69) is 5.32 Å². The fraction of sp³-hybridized carbons (Fsp3) is 0.500. The summed E-state index contributed by atoms with van der Waals surface area (Å²) in [4.78, 5) is 38.0. The third-order valence-electron chi connectivity index (χ3n) is 5.34. The van der Waals surface area contributed by atoms with Gasteiger partial charge in [-0.2, -0.15) is 0 Å². The Hall–Kier alpha value is -3.11. The lowest BCUT2D eigenvalue weighted by Gasteiger charge is -2.11. The number of nitrogens with one attached hydrogen (secondary N) is 1. The predicted molar refractivity (Wildman–Crippen MR) is 138 cm³/mol. The Labute approximate surface area is 214 Å². The lowest BCUT2D eigenvalue weighted by molar-refractivity contribution is -0.135. The topological polar surface area (TPSA) is 105 Å². The van der Waals surface area contributed by atoms with E-state index in [0.717, 1.165) is 36.2 Å². The normalized spacial score (nSPS) is 16.2. The van der Waals surface area contributed by atoms with Crippen molar-refractivity contribution in [3.8, 4) is 11.5 Å². The number of amides is 1. The summed E-state index contributed by atoms with van der Waals surface area (Å²) in [6, 6.07) is 5.45. The minimum Gasteiger partial charge on any atom is -0.490 e. The van der Waals surface area contributed by atoms with Gasteiger partial charge in [0.25, 0.3) is 5.56 Å². The van der Waals surface area contributed by atoms with Crippen LogP contribution in [0, 0.1) is 0 Å². The molecule has 1 aromatic carbocycles. The number of nitrogens with zero attached hydrogens (tertiary/aromatic N) is 1. The van der Waals surface area contributed by atoms with Crippen LogP contribution in [-0.2, 0) is 25.6 Å². The maximum atomic E-state index is 13.3. The summed E-state index contributed by atoms with van der Waals surface area (Å²) in [5, 5.41) is 2.82. The van der Waals surface area contributed by atoms with E-state index in [9.17, 15) is 14.4 Å². The van der Waals surface area contributed by atoms with Crippen molar-refractivity contribution in [3.05, 3.63) is 43.3 Å². The largest absolute Gasteiger partial charge is 0.490 e. The van der Waals surface area contributed by atoms with E-state index < -0.39 is 5.97 Å². The number of thiazole rings is 1. The van der Waals surface area contributed by atoms with Crippen LogP contribution in [0.15, 0.2) is 23.0 Å². The Morgan fingerprint density at radius 1 is 1.19 bits per heavy atom. The number of aromatic nitrogens is 1. The molecule has 0 spiro atoms. The standard InChI is InChI=1S/C26H34N2O7S/c1-4-11-35-20-10-9-18(13-21(20)32-5-2)14-22-26(31)28(24(36-22)15-25(30)33-6-3)17-23(29)27-16-19-8-7-12-34-19/h9-10,13-15,19H,4-8,11-12,16-17H2,1-3H3,(H,27,29)/b22-14+,24-15-/t19-/m1/s1. The number of rotatable bonds is 12. The van der Waals surface area contributed by atoms with Gasteiger partial charge in [0.05, 0.1) is 36.5 Å². The fourth-order valence-corrected chi connectivity index (χ4v) is 4.71. The third-order valence-corrected chi connectivity index (χ3v) is 6.40. The number of benzene rings is 1. The molecule has 2 aromatic rings. The highest BCUT2D eigenvalue weighted by Crippen LogP contribution is 2.29. The van der Waals surface area contributed by atoms with Crippen molar-refractivity contribution in [1.29, 1.82) is 0 Å². The summed E-state index contributed by atoms with van der Waals surface area (Å²) in [7, 11) is 0. The zero-order valence-corrected chi connectivity index (χ0v) is 21.9. The predicted octanol–water partition coefficient (Wildman–Crippen LogP) is 1.56. The van der Waals surface area contributed by atoms with Crippen LogP contribution in [-0.4, -0.2) is 55.5 Å². The number of ether oxygens (including phenoxy) is 4. The van der Waals surface area contributed by atoms with Crippen molar-refractivity contribution >= 4 is 35.4 Å². The molecule has 0 saturated carbocycles. The van der Waals surface area contributed by atoms with Crippen LogP contribution in [0.1, 0.15) is 45.6 Å². The average molecular weight is 519 g/mol. The van der Waals surface area contributed by atoms with Crippen molar-refractivity contribution in [1.82, 2.24) is 9.88 Å². The van der Waals surface area contributed by atoms with Gasteiger partial charge in [0.2, 0.25) is 5.91 Å². The van der Waals surface area contributed by atoms with E-state index in [4.69, 9.17) is 18.9 Å². The SMILES string of the molecule is CCCOc1ccc(/C=c2/s/c(=C\C(=O)OCC)n(CC(=O)NC[C@H]3CCCO3)c2=O)cc1OCC. The molecule has 1 aromatic heterocycles. The summed E-state index contributed by atoms with van der Waals surface area (Å²) in [5.74, 6) is 0.323. The molecule has 196 valence electrons. The van der Waals surface area contributed by atoms with E-state index in [0.29, 0.717) is 47.1 Å². The van der Waals surface area contributed by atoms with E-state index in [1.807, 2.05) is 26.0 Å². The molecule has 1 atom stereocenters. The van der Waals surface area contributed by atoms with Crippen molar-refractivity contribution in [2.75, 3.05) is 33.0 Å². The number of carbonyl (C=O) groups is 2. The molecule has 1 N–H and O–H groups in total. The molecule has 1 saturated heterocycles. The van der Waals surface area contributed by atoms with Crippen LogP contribution in [0.25, 0.3) is 12.2 Å². The number of hydrogen-bond acceptors (Lipinski definition) is 8. The summed E-state index contributed by atoms with van der Waals surface area (Å²) in [5.41, 5.74) is 0.366. The molecule has 1 aliphatic rings. The second kappa shape index (κ2) is 13.8. The van der Waals surface area contributed by atoms with Crippen LogP contribution >= 0.6 is 11.3 Å². The van der Waals surface area contributed by atoms with Gasteiger partial charge >= 0.3 is 5.97 Å². The van der Waals surface area contributed by atoms with Crippen LogP contribution in [0.4, 0.5) is 0 Å². The Balaban J connectivity index is 1.93. The van der Waals surface area contributed by atoms with Gasteiger partial charge in [0.1, 0.15) is 11.2 Å². The van der Waals surface area contributed by atoms with E-state index in [-0.39, 0.29) is 30.7 Å². The zero-order valence-electron chi connectivity index (χ0n) is 21.0. The van der Waals surface area contributed by atoms with Crippen LogP contribution in [0.3, 0.4) is 0 Å². The molecule has 1 aliphatic heterocycles. The van der Waals surface area contributed by atoms with Gasteiger partial charge in [-0.15, -0.1) is 11.3 Å². The quantitative estimate of drug-likeness (QED) is 0.425. The number of hydrogen-bond donors (Lipinski definition) is 1. The number of carbonyl (C=O) groups excluding carboxylic acids is 2. The first kappa shape index (κ1) is 27.5. The summed E-state index contributed by atoms with van der Waals surface area (Å²) in [6.07, 6.45) is 5.68. The Bertz CT molecular complexity index is 1210. The second-order valence-corrected chi connectivity index (χ2v) is 9.23. The second-order valence-electron chi connectivity index (χ2n) is 8.16. The summed E-state index contributed by atoms with van der Waals surface area (Å²) >= 11 is 1.12. The molecule has 0 radical (unpaired) electrons. The van der Waals surface area contributed by atoms with Crippen LogP contribution in [0.5, 0.6) is 11.5 Å². The van der Waals surface area contributed by atoms with Crippen LogP contribution < -0.4 is 29.5 Å². The van der Waals surface area contributed by atoms with Gasteiger partial charge in [0, 0.05) is 13.2 Å². The highest BCUT2D eigenvalue weighted by Gasteiger charge is 2.17. The first-order valence-electron chi connectivity index (χ1n) is 12.3. The van der Waals surface area contributed by atoms with E-state index in [1.54, 1.807) is 19.1 Å². The first-order chi connectivity index (χ1) is 17.4. The van der Waals surface area contributed by atoms with Gasteiger partial charge in [-0.3, -0.25) is 14.2 Å². The van der Waals surface area contributed by atoms with Gasteiger partial charge < -0.3 is 24.3 Å². The van der Waals surface area contributed by atoms with Crippen molar-refractivity contribution in [3.63, 3.8) is 0 Å². The molecule has 1 amide bonds. The zero-order chi connectivity index (χ0) is 25.9. The molecule has 0 aliphatic carbocycles. The molecule has 1 fully saturated rings. The van der Waals surface area contributed by atoms with Gasteiger partial charge in [-0.05, 0) is 56.9 Å². The lowest BCUT2D eigenvalue weighted by Crippen LogP contribution is -2.40. The molecule has 3 rings (SSSR count). The van der Waals surface area contributed by atoms with E-state index >= 15 is 0 Å². The fourth-order valence-electron chi connectivity index (χ4n) is 3.68. The minimum absolute atomic E-state index is 0.00795. The maximum absolute atomic E-state index is 13.3. The van der Waals surface area contributed by atoms with Crippen LogP contribution in [0.2, 0.25) is 0 Å². The van der Waals surface area contributed by atoms with Gasteiger partial charge in [-0.25, -0.2) is 4.79 Å². The Kier molecular flexibility index (Phi) is 10.6. The van der Waals surface area contributed by atoms with Gasteiger partial charge in [0.15, 0.2) is 11.5 Å². The highest BCUT2D eigenvalue weighted by molar-refractivity contribution is 7.07. The number of esters is 1. The average Bonchev–Trinajstić information content (AvgIpc) is 3.47.